The summed E-state index contributed by atoms with van der Waals surface area (Å²) < 4.78 is 1.81. The van der Waals surface area contributed by atoms with Crippen molar-refractivity contribution in [2.24, 2.45) is 0 Å². The highest BCUT2D eigenvalue weighted by molar-refractivity contribution is 5.93. The second kappa shape index (κ2) is 9.05. The van der Waals surface area contributed by atoms with E-state index in [-0.39, 0.29) is 11.9 Å². The highest BCUT2D eigenvalue weighted by Gasteiger charge is 2.25. The quantitative estimate of drug-likeness (QED) is 0.661. The molecule has 1 aliphatic carbocycles. The normalized spacial score (nSPS) is 18.7. The van der Waals surface area contributed by atoms with E-state index in [1.54, 1.807) is 18.5 Å². The van der Waals surface area contributed by atoms with Gasteiger partial charge in [-0.3, -0.25) is 9.78 Å². The van der Waals surface area contributed by atoms with Crippen LogP contribution in [0, 0.1) is 0 Å². The third-order valence-corrected chi connectivity index (χ3v) is 5.62. The molecule has 4 rings (SSSR count). The van der Waals surface area contributed by atoms with Gasteiger partial charge in [0.05, 0.1) is 17.8 Å². The monoisotopic (exact) mass is 402 g/mol. The maximum absolute atomic E-state index is 12.7. The second-order valence-corrected chi connectivity index (χ2v) is 7.70. The van der Waals surface area contributed by atoms with Crippen molar-refractivity contribution in [2.45, 2.75) is 44.2 Å². The van der Waals surface area contributed by atoms with E-state index < -0.39 is 6.10 Å². The Hall–Kier alpha value is -3.25. The largest absolute Gasteiger partial charge is 0.391 e. The molecule has 154 valence electrons. The van der Waals surface area contributed by atoms with Gasteiger partial charge in [-0.1, -0.05) is 37.6 Å². The molecule has 1 aromatic carbocycles. The lowest BCUT2D eigenvalue weighted by molar-refractivity contribution is 0.0713. The highest BCUT2D eigenvalue weighted by atomic mass is 16.3. The van der Waals surface area contributed by atoms with Gasteiger partial charge in [0.2, 0.25) is 0 Å². The van der Waals surface area contributed by atoms with Crippen molar-refractivity contribution < 1.29 is 9.90 Å². The number of rotatable bonds is 6. The Morgan fingerprint density at radius 1 is 1.27 bits per heavy atom. The molecule has 2 atom stereocenters. The third kappa shape index (κ3) is 4.49. The summed E-state index contributed by atoms with van der Waals surface area (Å²) >= 11 is 0. The van der Waals surface area contributed by atoms with Gasteiger partial charge in [-0.2, -0.15) is 5.10 Å². The average Bonchev–Trinajstić information content (AvgIpc) is 3.31. The van der Waals surface area contributed by atoms with Crippen LogP contribution in [0.1, 0.15) is 52.9 Å². The minimum Gasteiger partial charge on any atom is -0.391 e. The van der Waals surface area contributed by atoms with Gasteiger partial charge in [0.1, 0.15) is 5.69 Å². The van der Waals surface area contributed by atoms with Crippen LogP contribution in [0.5, 0.6) is 0 Å². The van der Waals surface area contributed by atoms with Crippen LogP contribution in [-0.2, 0) is 6.42 Å². The zero-order valence-electron chi connectivity index (χ0n) is 16.9. The lowest BCUT2D eigenvalue weighted by Crippen LogP contribution is -2.45. The molecule has 30 heavy (non-hydrogen) atoms. The van der Waals surface area contributed by atoms with Gasteiger partial charge < -0.3 is 10.4 Å². The predicted octanol–water partition coefficient (Wildman–Crippen LogP) is 3.53. The average molecular weight is 402 g/mol. The van der Waals surface area contributed by atoms with Crippen molar-refractivity contribution in [1.82, 2.24) is 20.1 Å². The molecule has 6 heteroatoms. The van der Waals surface area contributed by atoms with Crippen LogP contribution in [0.25, 0.3) is 11.8 Å². The summed E-state index contributed by atoms with van der Waals surface area (Å²) in [4.78, 5) is 17.0. The number of aromatic nitrogens is 3. The van der Waals surface area contributed by atoms with Gasteiger partial charge in [-0.15, -0.1) is 0 Å². The van der Waals surface area contributed by atoms with Gasteiger partial charge in [0.15, 0.2) is 0 Å². The van der Waals surface area contributed by atoms with Gasteiger partial charge in [0.25, 0.3) is 5.91 Å². The minimum absolute atomic E-state index is 0.203. The van der Waals surface area contributed by atoms with E-state index in [1.807, 2.05) is 35.1 Å². The summed E-state index contributed by atoms with van der Waals surface area (Å²) in [6.07, 6.45) is 10.8. The first-order valence-electron chi connectivity index (χ1n) is 10.3. The van der Waals surface area contributed by atoms with E-state index in [4.69, 9.17) is 0 Å². The molecule has 1 saturated carbocycles. The zero-order chi connectivity index (χ0) is 20.9. The Balaban J connectivity index is 1.51. The van der Waals surface area contributed by atoms with E-state index in [2.05, 4.69) is 34.1 Å². The molecular formula is C24H26N4O2. The lowest BCUT2D eigenvalue weighted by atomic mass is 9.92. The molecular weight excluding hydrogens is 376 g/mol. The molecule has 1 aliphatic rings. The molecule has 2 heterocycles. The van der Waals surface area contributed by atoms with Gasteiger partial charge in [-0.05, 0) is 60.2 Å². The summed E-state index contributed by atoms with van der Waals surface area (Å²) in [5.41, 5.74) is 4.37. The minimum atomic E-state index is -0.483. The Bertz CT molecular complexity index is 1010. The number of hydrogen-bond donors (Lipinski definition) is 2. The van der Waals surface area contributed by atoms with Gasteiger partial charge >= 0.3 is 0 Å². The van der Waals surface area contributed by atoms with E-state index in [9.17, 15) is 9.90 Å². The summed E-state index contributed by atoms with van der Waals surface area (Å²) in [7, 11) is 0. The van der Waals surface area contributed by atoms with Crippen LogP contribution >= 0.6 is 0 Å². The van der Waals surface area contributed by atoms with Crippen LogP contribution in [0.2, 0.25) is 0 Å². The molecule has 1 amide bonds. The number of aliphatic hydroxyl groups excluding tert-OH is 1. The highest BCUT2D eigenvalue weighted by Crippen LogP contribution is 2.20. The van der Waals surface area contributed by atoms with E-state index in [0.717, 1.165) is 48.1 Å². The Labute approximate surface area is 176 Å². The molecule has 2 N–H and O–H groups in total. The van der Waals surface area contributed by atoms with Crippen LogP contribution in [-0.4, -0.2) is 37.9 Å². The summed E-state index contributed by atoms with van der Waals surface area (Å²) in [6.45, 7) is 3.87. The van der Waals surface area contributed by atoms with Crippen LogP contribution in [0.15, 0.2) is 61.6 Å². The fourth-order valence-corrected chi connectivity index (χ4v) is 3.90. The van der Waals surface area contributed by atoms with Crippen LogP contribution in [0.4, 0.5) is 0 Å². The number of carbonyl (C=O) groups is 1. The molecule has 2 aromatic heterocycles. The molecule has 0 radical (unpaired) electrons. The molecule has 0 saturated heterocycles. The van der Waals surface area contributed by atoms with Crippen molar-refractivity contribution in [3.63, 3.8) is 0 Å². The number of nitrogens with one attached hydrogen (secondary N) is 1. The Morgan fingerprint density at radius 2 is 2.07 bits per heavy atom. The number of amides is 1. The molecule has 0 unspecified atom stereocenters. The fourth-order valence-electron chi connectivity index (χ4n) is 3.90. The zero-order valence-corrected chi connectivity index (χ0v) is 16.9. The number of hydrogen-bond acceptors (Lipinski definition) is 4. The maximum Gasteiger partial charge on any atom is 0.270 e. The van der Waals surface area contributed by atoms with Gasteiger partial charge in [0, 0.05) is 18.6 Å². The summed E-state index contributed by atoms with van der Waals surface area (Å²) in [5, 5.41) is 17.3. The standard InChI is InChI=1S/C24H26N4O2/c1-2-18-16-25-22(24(30)27-21-6-3-4-7-23(21)29)15-19(18)14-17-8-10-20(11-9-17)28-13-5-12-26-28/h2,5,8-13,15-16,21,23,29H,1,3-4,6-7,14H2,(H,27,30)/t21-,23-/m0/s1. The van der Waals surface area contributed by atoms with Crippen molar-refractivity contribution in [3.8, 4) is 5.69 Å². The van der Waals surface area contributed by atoms with Crippen molar-refractivity contribution >= 4 is 12.0 Å². The summed E-state index contributed by atoms with van der Waals surface area (Å²) in [5.74, 6) is -0.244. The van der Waals surface area contributed by atoms with Crippen LogP contribution in [0.3, 0.4) is 0 Å². The topological polar surface area (TPSA) is 80.0 Å². The maximum atomic E-state index is 12.7. The second-order valence-electron chi connectivity index (χ2n) is 7.70. The van der Waals surface area contributed by atoms with E-state index >= 15 is 0 Å². The fraction of sp³-hybridized carbons (Fsp3) is 0.292. The SMILES string of the molecule is C=Cc1cnc(C(=O)N[C@H]2CCCC[C@@H]2O)cc1Cc1ccc(-n2cccn2)cc1. The van der Waals surface area contributed by atoms with Crippen LogP contribution < -0.4 is 5.32 Å². The first kappa shape index (κ1) is 20.0. The van der Waals surface area contributed by atoms with E-state index in [0.29, 0.717) is 12.1 Å². The van der Waals surface area contributed by atoms with Crippen molar-refractivity contribution in [3.05, 3.63) is 84.0 Å². The smallest absolute Gasteiger partial charge is 0.270 e. The Morgan fingerprint density at radius 3 is 2.77 bits per heavy atom. The first-order valence-corrected chi connectivity index (χ1v) is 10.3. The number of nitrogens with zero attached hydrogens (tertiary/aromatic N) is 3. The van der Waals surface area contributed by atoms with Crippen molar-refractivity contribution in [1.29, 1.82) is 0 Å². The number of aliphatic hydroxyl groups is 1. The van der Waals surface area contributed by atoms with Crippen molar-refractivity contribution in [2.75, 3.05) is 0 Å². The molecule has 3 aromatic rings. The molecule has 0 bridgehead atoms. The molecule has 0 aliphatic heterocycles. The lowest BCUT2D eigenvalue weighted by Gasteiger charge is -2.28. The molecule has 1 fully saturated rings. The number of pyridine rings is 1. The Kier molecular flexibility index (Phi) is 6.05. The number of benzene rings is 1. The third-order valence-electron chi connectivity index (χ3n) is 5.62. The molecule has 6 nitrogen and oxygen atoms in total. The summed E-state index contributed by atoms with van der Waals surface area (Å²) in [6, 6.07) is 11.7. The first-order chi connectivity index (χ1) is 14.6. The van der Waals surface area contributed by atoms with Gasteiger partial charge in [-0.25, -0.2) is 4.68 Å². The molecule has 0 spiro atoms. The predicted molar refractivity (Wildman–Crippen MR) is 116 cm³/mol. The number of carbonyl (C=O) groups excluding carboxylic acids is 1. The van der Waals surface area contributed by atoms with E-state index in [1.165, 1.54) is 0 Å².